The first kappa shape index (κ1) is 4.73. The summed E-state index contributed by atoms with van der Waals surface area (Å²) < 4.78 is 0. The first-order chi connectivity index (χ1) is 4.95. The van der Waals surface area contributed by atoms with Crippen LogP contribution >= 0.6 is 0 Å². The van der Waals surface area contributed by atoms with E-state index in [2.05, 4.69) is 30.3 Å². The zero-order valence-electron chi connectivity index (χ0n) is 5.59. The lowest BCUT2D eigenvalue weighted by Gasteiger charge is -1.96. The summed E-state index contributed by atoms with van der Waals surface area (Å²) in [6.45, 7) is 0. The van der Waals surface area contributed by atoms with Gasteiger partial charge in [-0.25, -0.2) is 0 Å². The molecule has 47 valence electrons. The van der Waals surface area contributed by atoms with Gasteiger partial charge < -0.3 is 0 Å². The molecule has 2 aliphatic rings. The van der Waals surface area contributed by atoms with Crippen molar-refractivity contribution in [1.29, 1.82) is 0 Å². The molecule has 10 heavy (non-hydrogen) atoms. The third-order valence-electron chi connectivity index (χ3n) is 2.32. The maximum atomic E-state index is 3.39. The van der Waals surface area contributed by atoms with Crippen molar-refractivity contribution < 1.29 is 0 Å². The molecule has 0 heterocycles. The van der Waals surface area contributed by atoms with Crippen LogP contribution in [0.5, 0.6) is 0 Å². The quantitative estimate of drug-likeness (QED) is 0.501. The molecule has 1 atom stereocenters. The van der Waals surface area contributed by atoms with E-state index in [-0.39, 0.29) is 0 Å². The van der Waals surface area contributed by atoms with Gasteiger partial charge >= 0.3 is 0 Å². The Bertz CT molecular complexity index is 321. The second-order valence-electron chi connectivity index (χ2n) is 2.99. The van der Waals surface area contributed by atoms with Crippen molar-refractivity contribution >= 4 is 0 Å². The minimum atomic E-state index is 0.774. The maximum Gasteiger partial charge on any atom is 0.0102 e. The molecule has 1 aromatic carbocycles. The molecule has 1 fully saturated rings. The highest BCUT2D eigenvalue weighted by Crippen LogP contribution is 2.52. The van der Waals surface area contributed by atoms with Crippen molar-refractivity contribution in [2.24, 2.45) is 0 Å². The minimum absolute atomic E-state index is 0.774. The van der Waals surface area contributed by atoms with Gasteiger partial charge in [-0.15, -0.1) is 0 Å². The average Bonchev–Trinajstić information content (AvgIpc) is 2.64. The minimum Gasteiger partial charge on any atom is -0.0619 e. The fraction of sp³-hybridized carbons (Fsp3) is 0.200. The van der Waals surface area contributed by atoms with Gasteiger partial charge in [-0.3, -0.25) is 0 Å². The first-order valence-electron chi connectivity index (χ1n) is 3.67. The van der Waals surface area contributed by atoms with Crippen molar-refractivity contribution in [2.45, 2.75) is 12.3 Å². The summed E-state index contributed by atoms with van der Waals surface area (Å²) in [5, 5.41) is 0. The molecule has 2 aliphatic carbocycles. The van der Waals surface area contributed by atoms with Crippen LogP contribution in [-0.2, 0) is 0 Å². The topological polar surface area (TPSA) is 0 Å². The number of allylic oxidation sites excluding steroid dienone is 1. The Morgan fingerprint density at radius 3 is 3.10 bits per heavy atom. The molecule has 0 amide bonds. The van der Waals surface area contributed by atoms with Crippen molar-refractivity contribution in [3.63, 3.8) is 0 Å². The SMILES string of the molecule is [C]1=C2CC2c2ccccc21. The molecule has 0 aliphatic heterocycles. The molecule has 0 heteroatoms. The van der Waals surface area contributed by atoms with Crippen LogP contribution in [0.25, 0.3) is 0 Å². The van der Waals surface area contributed by atoms with Gasteiger partial charge in [0, 0.05) is 5.92 Å². The zero-order chi connectivity index (χ0) is 6.55. The Labute approximate surface area is 60.2 Å². The average molecular weight is 127 g/mol. The van der Waals surface area contributed by atoms with E-state index >= 15 is 0 Å². The van der Waals surface area contributed by atoms with Crippen LogP contribution in [0.1, 0.15) is 23.5 Å². The molecule has 0 bridgehead atoms. The Balaban J connectivity index is 2.32. The third-order valence-corrected chi connectivity index (χ3v) is 2.32. The molecule has 0 spiro atoms. The molecule has 1 radical (unpaired) electrons. The number of rotatable bonds is 0. The Hall–Kier alpha value is -1.04. The fourth-order valence-electron chi connectivity index (χ4n) is 1.68. The smallest absolute Gasteiger partial charge is 0.0102 e. The van der Waals surface area contributed by atoms with Gasteiger partial charge in [-0.05, 0) is 23.6 Å². The highest BCUT2D eigenvalue weighted by molar-refractivity contribution is 5.54. The number of hydrogen-bond donors (Lipinski definition) is 0. The predicted octanol–water partition coefficient (Wildman–Crippen LogP) is 2.27. The second kappa shape index (κ2) is 1.34. The van der Waals surface area contributed by atoms with Crippen LogP contribution in [0.3, 0.4) is 0 Å². The van der Waals surface area contributed by atoms with Crippen molar-refractivity contribution in [1.82, 2.24) is 0 Å². The molecule has 0 saturated heterocycles. The summed E-state index contributed by atoms with van der Waals surface area (Å²) in [5.74, 6) is 0.774. The molecular formula is C10H7. The van der Waals surface area contributed by atoms with Gasteiger partial charge in [0.2, 0.25) is 0 Å². The third kappa shape index (κ3) is 0.431. The van der Waals surface area contributed by atoms with Gasteiger partial charge in [0.25, 0.3) is 0 Å². The molecule has 1 aromatic rings. The van der Waals surface area contributed by atoms with E-state index in [1.54, 1.807) is 0 Å². The van der Waals surface area contributed by atoms with Gasteiger partial charge in [0.1, 0.15) is 0 Å². The highest BCUT2D eigenvalue weighted by Gasteiger charge is 2.37. The number of fused-ring (bicyclic) bond motifs is 3. The highest BCUT2D eigenvalue weighted by atomic mass is 14.4. The summed E-state index contributed by atoms with van der Waals surface area (Å²) >= 11 is 0. The van der Waals surface area contributed by atoms with E-state index in [1.165, 1.54) is 23.1 Å². The molecule has 1 unspecified atom stereocenters. The lowest BCUT2D eigenvalue weighted by atomic mass is 10.1. The van der Waals surface area contributed by atoms with Crippen LogP contribution in [0, 0.1) is 6.08 Å². The van der Waals surface area contributed by atoms with E-state index in [0.717, 1.165) is 5.92 Å². The van der Waals surface area contributed by atoms with Crippen LogP contribution < -0.4 is 0 Å². The van der Waals surface area contributed by atoms with Crippen LogP contribution in [0.2, 0.25) is 0 Å². The van der Waals surface area contributed by atoms with E-state index in [1.807, 2.05) is 0 Å². The first-order valence-corrected chi connectivity index (χ1v) is 3.67. The van der Waals surface area contributed by atoms with E-state index in [9.17, 15) is 0 Å². The van der Waals surface area contributed by atoms with E-state index in [0.29, 0.717) is 0 Å². The Morgan fingerprint density at radius 1 is 1.30 bits per heavy atom. The monoisotopic (exact) mass is 127 g/mol. The van der Waals surface area contributed by atoms with Gasteiger partial charge in [-0.1, -0.05) is 29.8 Å². The van der Waals surface area contributed by atoms with E-state index < -0.39 is 0 Å². The summed E-state index contributed by atoms with van der Waals surface area (Å²) in [6.07, 6.45) is 4.66. The largest absolute Gasteiger partial charge is 0.0619 e. The Morgan fingerprint density at radius 2 is 2.20 bits per heavy atom. The van der Waals surface area contributed by atoms with Crippen LogP contribution in [0.15, 0.2) is 29.8 Å². The normalized spacial score (nSPS) is 25.2. The summed E-state index contributed by atoms with van der Waals surface area (Å²) in [4.78, 5) is 0. The molecule has 0 N–H and O–H groups in total. The maximum absolute atomic E-state index is 3.39. The van der Waals surface area contributed by atoms with Crippen molar-refractivity contribution in [3.8, 4) is 0 Å². The summed E-state index contributed by atoms with van der Waals surface area (Å²) in [5.41, 5.74) is 4.34. The number of hydrogen-bond acceptors (Lipinski definition) is 0. The molecule has 1 saturated carbocycles. The zero-order valence-corrected chi connectivity index (χ0v) is 5.59. The lowest BCUT2D eigenvalue weighted by molar-refractivity contribution is 1.16. The molecule has 3 rings (SSSR count). The molecular weight excluding hydrogens is 120 g/mol. The van der Waals surface area contributed by atoms with Gasteiger partial charge in [0.05, 0.1) is 0 Å². The lowest BCUT2D eigenvalue weighted by Crippen LogP contribution is -1.79. The van der Waals surface area contributed by atoms with Gasteiger partial charge in [-0.2, -0.15) is 0 Å². The molecule has 0 aromatic heterocycles. The van der Waals surface area contributed by atoms with Gasteiger partial charge in [0.15, 0.2) is 0 Å². The summed E-state index contributed by atoms with van der Waals surface area (Å²) in [7, 11) is 0. The Kier molecular flexibility index (Phi) is 0.634. The predicted molar refractivity (Wildman–Crippen MR) is 39.7 cm³/mol. The van der Waals surface area contributed by atoms with Crippen LogP contribution in [0.4, 0.5) is 0 Å². The second-order valence-corrected chi connectivity index (χ2v) is 2.99. The van der Waals surface area contributed by atoms with Crippen molar-refractivity contribution in [2.75, 3.05) is 0 Å². The number of benzene rings is 1. The summed E-state index contributed by atoms with van der Waals surface area (Å²) in [6, 6.07) is 8.56. The molecule has 0 nitrogen and oxygen atoms in total. The fourth-order valence-corrected chi connectivity index (χ4v) is 1.68. The van der Waals surface area contributed by atoms with Crippen LogP contribution in [-0.4, -0.2) is 0 Å². The standard InChI is InChI=1S/C10H7/c1-2-4-9-7(3-1)5-8-6-10(8)9/h1-4,10H,6H2. The van der Waals surface area contributed by atoms with E-state index in [4.69, 9.17) is 0 Å². The van der Waals surface area contributed by atoms with Crippen molar-refractivity contribution in [3.05, 3.63) is 47.0 Å².